The summed E-state index contributed by atoms with van der Waals surface area (Å²) in [6, 6.07) is 12.4. The number of para-hydroxylation sites is 3. The first kappa shape index (κ1) is 20.8. The lowest BCUT2D eigenvalue weighted by molar-refractivity contribution is -0.253. The molecule has 1 fully saturated rings. The summed E-state index contributed by atoms with van der Waals surface area (Å²) in [6.07, 6.45) is -6.52. The largest absolute Gasteiger partial charge is 0.461 e. The fraction of sp³-hybridized carbons (Fsp3) is 0.286. The fourth-order valence-electron chi connectivity index (χ4n) is 3.39. The molecule has 6 nitrogen and oxygen atoms in total. The second kappa shape index (κ2) is 8.37. The Morgan fingerprint density at radius 2 is 1.84 bits per heavy atom. The molecule has 0 bridgehead atoms. The van der Waals surface area contributed by atoms with Gasteiger partial charge in [0.05, 0.1) is 22.8 Å². The maximum atomic E-state index is 13.3. The van der Waals surface area contributed by atoms with E-state index in [2.05, 4.69) is 20.0 Å². The Hall–Kier alpha value is -3.43. The highest BCUT2D eigenvalue weighted by molar-refractivity contribution is 5.97. The molecule has 1 aromatic heterocycles. The zero-order chi connectivity index (χ0) is 22.0. The number of hydrogen-bond donors (Lipinski definition) is 1. The Morgan fingerprint density at radius 1 is 1.13 bits per heavy atom. The minimum absolute atomic E-state index is 0.130. The van der Waals surface area contributed by atoms with E-state index in [0.717, 1.165) is 17.1 Å². The predicted molar refractivity (Wildman–Crippen MR) is 105 cm³/mol. The van der Waals surface area contributed by atoms with Crippen molar-refractivity contribution < 1.29 is 27.1 Å². The van der Waals surface area contributed by atoms with Crippen molar-refractivity contribution in [1.29, 1.82) is 0 Å². The number of carbonyl (C=O) groups is 1. The molecule has 3 aromatic rings. The van der Waals surface area contributed by atoms with Gasteiger partial charge in [-0.1, -0.05) is 24.3 Å². The van der Waals surface area contributed by atoms with E-state index in [9.17, 15) is 22.4 Å². The van der Waals surface area contributed by atoms with Gasteiger partial charge in [-0.15, -0.1) is 0 Å². The fourth-order valence-corrected chi connectivity index (χ4v) is 3.39. The Bertz CT molecular complexity index is 1100. The molecule has 1 amide bonds. The highest BCUT2D eigenvalue weighted by atomic mass is 19.3. The smallest absolute Gasteiger partial charge is 0.427 e. The van der Waals surface area contributed by atoms with Crippen LogP contribution in [0.2, 0.25) is 0 Å². The maximum Gasteiger partial charge on any atom is 0.461 e. The maximum absolute atomic E-state index is 13.3. The molecule has 4 rings (SSSR count). The molecule has 0 radical (unpaired) electrons. The van der Waals surface area contributed by atoms with Crippen LogP contribution >= 0.6 is 0 Å². The van der Waals surface area contributed by atoms with Gasteiger partial charge < -0.3 is 15.0 Å². The molecule has 2 heterocycles. The lowest BCUT2D eigenvalue weighted by Crippen LogP contribution is -2.35. The average Bonchev–Trinajstić information content (AvgIpc) is 3.21. The van der Waals surface area contributed by atoms with Crippen molar-refractivity contribution in [1.82, 2.24) is 14.9 Å². The number of ether oxygens (including phenoxy) is 1. The summed E-state index contributed by atoms with van der Waals surface area (Å²) in [5.41, 5.74) is 1.28. The number of nitrogens with one attached hydrogen (secondary N) is 1. The highest BCUT2D eigenvalue weighted by Crippen LogP contribution is 2.31. The molecule has 1 atom stereocenters. The van der Waals surface area contributed by atoms with Crippen molar-refractivity contribution in [3.63, 3.8) is 0 Å². The molecule has 0 unspecified atom stereocenters. The predicted octanol–water partition coefficient (Wildman–Crippen LogP) is 4.19. The molecule has 2 aromatic carbocycles. The third-order valence-corrected chi connectivity index (χ3v) is 4.89. The van der Waals surface area contributed by atoms with Crippen LogP contribution < -0.4 is 10.1 Å². The molecule has 0 spiro atoms. The summed E-state index contributed by atoms with van der Waals surface area (Å²) in [6.45, 7) is 0.643. The number of carbonyl (C=O) groups excluding carboxylic acids is 1. The van der Waals surface area contributed by atoms with Crippen molar-refractivity contribution in [2.45, 2.75) is 25.0 Å². The third-order valence-electron chi connectivity index (χ3n) is 4.89. The molecule has 1 N–H and O–H groups in total. The summed E-state index contributed by atoms with van der Waals surface area (Å²) in [5.74, 6) is -0.609. The van der Waals surface area contributed by atoms with Crippen LogP contribution in [0.4, 0.5) is 23.4 Å². The molecular formula is C21H18F4N4O2. The van der Waals surface area contributed by atoms with E-state index in [4.69, 9.17) is 0 Å². The average molecular weight is 434 g/mol. The molecule has 1 aliphatic rings. The lowest BCUT2D eigenvalue weighted by Gasteiger charge is -2.21. The van der Waals surface area contributed by atoms with Gasteiger partial charge in [0, 0.05) is 19.1 Å². The van der Waals surface area contributed by atoms with Crippen molar-refractivity contribution in [3.05, 3.63) is 60.3 Å². The zero-order valence-corrected chi connectivity index (χ0v) is 16.1. The summed E-state index contributed by atoms with van der Waals surface area (Å²) in [4.78, 5) is 23.1. The molecule has 1 aliphatic heterocycles. The van der Waals surface area contributed by atoms with Crippen molar-refractivity contribution in [3.8, 4) is 5.75 Å². The van der Waals surface area contributed by atoms with Crippen LogP contribution in [0.3, 0.4) is 0 Å². The molecule has 10 heteroatoms. The van der Waals surface area contributed by atoms with E-state index in [0.29, 0.717) is 18.8 Å². The number of hydrogen-bond acceptors (Lipinski definition) is 5. The van der Waals surface area contributed by atoms with Crippen LogP contribution in [0.5, 0.6) is 5.75 Å². The van der Waals surface area contributed by atoms with Gasteiger partial charge in [0.1, 0.15) is 11.6 Å². The number of fused-ring (bicyclic) bond motifs is 1. The topological polar surface area (TPSA) is 67.3 Å². The second-order valence-electron chi connectivity index (χ2n) is 7.09. The summed E-state index contributed by atoms with van der Waals surface area (Å²) < 4.78 is 55.9. The number of amides is 1. The first-order valence-corrected chi connectivity index (χ1v) is 9.55. The van der Waals surface area contributed by atoms with Crippen LogP contribution in [-0.2, 0) is 0 Å². The number of likely N-dealkylation sites (tertiary alicyclic amines) is 1. The van der Waals surface area contributed by atoms with Gasteiger partial charge in [-0.2, -0.15) is 17.6 Å². The number of benzene rings is 2. The van der Waals surface area contributed by atoms with E-state index < -0.39 is 24.2 Å². The van der Waals surface area contributed by atoms with E-state index in [-0.39, 0.29) is 18.2 Å². The van der Waals surface area contributed by atoms with Gasteiger partial charge in [-0.3, -0.25) is 9.78 Å². The van der Waals surface area contributed by atoms with Gasteiger partial charge in [-0.05, 0) is 30.7 Å². The number of nitrogens with zero attached hydrogens (tertiary/aromatic N) is 3. The molecule has 0 saturated carbocycles. The molecular weight excluding hydrogens is 416 g/mol. The summed E-state index contributed by atoms with van der Waals surface area (Å²) in [7, 11) is 0. The van der Waals surface area contributed by atoms with E-state index >= 15 is 0 Å². The highest BCUT2D eigenvalue weighted by Gasteiger charge is 2.44. The van der Waals surface area contributed by atoms with Crippen molar-refractivity contribution in [2.24, 2.45) is 0 Å². The van der Waals surface area contributed by atoms with Gasteiger partial charge in [0.15, 0.2) is 0 Å². The quantitative estimate of drug-likeness (QED) is 0.590. The second-order valence-corrected chi connectivity index (χ2v) is 7.09. The first-order chi connectivity index (χ1) is 14.8. The van der Waals surface area contributed by atoms with Gasteiger partial charge in [-0.25, -0.2) is 4.98 Å². The first-order valence-electron chi connectivity index (χ1n) is 9.55. The Kier molecular flexibility index (Phi) is 5.62. The van der Waals surface area contributed by atoms with Gasteiger partial charge in [0.25, 0.3) is 5.91 Å². The zero-order valence-electron chi connectivity index (χ0n) is 16.1. The normalized spacial score (nSPS) is 16.7. The van der Waals surface area contributed by atoms with Gasteiger partial charge >= 0.3 is 12.5 Å². The molecule has 1 saturated heterocycles. The Labute approximate surface area is 174 Å². The van der Waals surface area contributed by atoms with Crippen LogP contribution in [0.1, 0.15) is 16.8 Å². The number of rotatable bonds is 6. The van der Waals surface area contributed by atoms with Crippen LogP contribution in [0.25, 0.3) is 11.0 Å². The molecule has 162 valence electrons. The number of halogens is 4. The van der Waals surface area contributed by atoms with Gasteiger partial charge in [0.2, 0.25) is 0 Å². The lowest BCUT2D eigenvalue weighted by atomic mass is 10.1. The van der Waals surface area contributed by atoms with Crippen LogP contribution in [-0.4, -0.2) is 52.4 Å². The summed E-state index contributed by atoms with van der Waals surface area (Å²) >= 11 is 0. The standard InChI is InChI=1S/C21H18F4N4O2/c22-20(23)21(24,25)31-17-8-4-1-5-14(17)19(30)29-10-9-13(12-29)27-18-11-26-15-6-2-3-7-16(15)28-18/h1-8,11,13,20H,9-10,12H2,(H,27,28)/t13-/m1/s1. The Morgan fingerprint density at radius 3 is 2.61 bits per heavy atom. The van der Waals surface area contributed by atoms with Crippen LogP contribution in [0, 0.1) is 0 Å². The van der Waals surface area contributed by atoms with Crippen molar-refractivity contribution in [2.75, 3.05) is 18.4 Å². The molecule has 31 heavy (non-hydrogen) atoms. The third kappa shape index (κ3) is 4.52. The van der Waals surface area contributed by atoms with Crippen LogP contribution in [0.15, 0.2) is 54.7 Å². The Balaban J connectivity index is 1.45. The minimum Gasteiger partial charge on any atom is -0.427 e. The number of aromatic nitrogens is 2. The minimum atomic E-state index is -4.69. The van der Waals surface area contributed by atoms with E-state index in [1.54, 1.807) is 6.20 Å². The SMILES string of the molecule is O=C(c1ccccc1OC(F)(F)C(F)F)N1CC[C@@H](Nc2cnc3ccccc3n2)C1. The van der Waals surface area contributed by atoms with E-state index in [1.807, 2.05) is 24.3 Å². The monoisotopic (exact) mass is 434 g/mol. The number of anilines is 1. The van der Waals surface area contributed by atoms with E-state index in [1.165, 1.54) is 23.1 Å². The molecule has 0 aliphatic carbocycles. The number of alkyl halides is 4. The summed E-state index contributed by atoms with van der Waals surface area (Å²) in [5, 5.41) is 3.22. The van der Waals surface area contributed by atoms with Crippen molar-refractivity contribution >= 4 is 22.8 Å².